The summed E-state index contributed by atoms with van der Waals surface area (Å²) >= 11 is 0. The minimum Gasteiger partial charge on any atom is -0.478 e. The van der Waals surface area contributed by atoms with Crippen molar-refractivity contribution in [1.29, 1.82) is 0 Å². The molecule has 0 aromatic heterocycles. The van der Waals surface area contributed by atoms with Gasteiger partial charge in [-0.25, -0.2) is 13.2 Å². The van der Waals surface area contributed by atoms with E-state index in [9.17, 15) is 13.2 Å². The molecule has 6 heteroatoms. The van der Waals surface area contributed by atoms with Gasteiger partial charge in [0.25, 0.3) is 10.0 Å². The second-order valence-electron chi connectivity index (χ2n) is 6.71. The fraction of sp³-hybridized carbons (Fsp3) is 0.278. The van der Waals surface area contributed by atoms with Crippen LogP contribution in [0.1, 0.15) is 42.3 Å². The molecule has 0 spiro atoms. The van der Waals surface area contributed by atoms with Crippen LogP contribution in [0.25, 0.3) is 0 Å². The molecule has 0 atom stereocenters. The summed E-state index contributed by atoms with van der Waals surface area (Å²) in [7, 11) is -3.78. The van der Waals surface area contributed by atoms with Crippen LogP contribution in [0.5, 0.6) is 0 Å². The average Bonchev–Trinajstić information content (AvgIpc) is 2.48. The molecule has 0 saturated heterocycles. The van der Waals surface area contributed by atoms with Crippen molar-refractivity contribution in [2.45, 2.75) is 38.0 Å². The molecule has 0 saturated carbocycles. The zero-order valence-corrected chi connectivity index (χ0v) is 14.9. The maximum absolute atomic E-state index is 12.5. The number of sulfonamides is 1. The highest BCUT2D eigenvalue weighted by atomic mass is 32.2. The van der Waals surface area contributed by atoms with E-state index in [2.05, 4.69) is 25.5 Å². The molecule has 2 N–H and O–H groups in total. The van der Waals surface area contributed by atoms with Gasteiger partial charge in [-0.2, -0.15) is 0 Å². The molecule has 2 aromatic rings. The van der Waals surface area contributed by atoms with E-state index < -0.39 is 16.0 Å². The molecule has 24 heavy (non-hydrogen) atoms. The first kappa shape index (κ1) is 18.0. The number of rotatable bonds is 4. The van der Waals surface area contributed by atoms with Gasteiger partial charge in [0.1, 0.15) is 0 Å². The van der Waals surface area contributed by atoms with Gasteiger partial charge in [-0.15, -0.1) is 0 Å². The third-order valence-electron chi connectivity index (χ3n) is 3.76. The first-order valence-corrected chi connectivity index (χ1v) is 8.96. The second kappa shape index (κ2) is 6.28. The van der Waals surface area contributed by atoms with E-state index >= 15 is 0 Å². The molecule has 0 aliphatic heterocycles. The Kier molecular flexibility index (Phi) is 4.71. The van der Waals surface area contributed by atoms with E-state index in [1.54, 1.807) is 37.3 Å². The van der Waals surface area contributed by atoms with Crippen LogP contribution in [-0.4, -0.2) is 19.5 Å². The Morgan fingerprint density at radius 3 is 2.12 bits per heavy atom. The molecule has 0 heterocycles. The smallest absolute Gasteiger partial charge is 0.335 e. The minimum absolute atomic E-state index is 0.0291. The van der Waals surface area contributed by atoms with Crippen molar-refractivity contribution in [3.63, 3.8) is 0 Å². The summed E-state index contributed by atoms with van der Waals surface area (Å²) in [6.07, 6.45) is 0. The number of anilines is 1. The largest absolute Gasteiger partial charge is 0.478 e. The Morgan fingerprint density at radius 2 is 1.62 bits per heavy atom. The van der Waals surface area contributed by atoms with Crippen LogP contribution in [-0.2, 0) is 15.4 Å². The predicted molar refractivity (Wildman–Crippen MR) is 94.1 cm³/mol. The van der Waals surface area contributed by atoms with Gasteiger partial charge in [0, 0.05) is 0 Å². The van der Waals surface area contributed by atoms with E-state index in [-0.39, 0.29) is 21.6 Å². The quantitative estimate of drug-likeness (QED) is 0.881. The van der Waals surface area contributed by atoms with Crippen LogP contribution in [0.3, 0.4) is 0 Å². The molecule has 2 aromatic carbocycles. The van der Waals surface area contributed by atoms with Crippen molar-refractivity contribution < 1.29 is 18.3 Å². The highest BCUT2D eigenvalue weighted by Crippen LogP contribution is 2.25. The minimum atomic E-state index is -3.78. The van der Waals surface area contributed by atoms with E-state index in [0.29, 0.717) is 5.56 Å². The number of carboxylic acid groups (broad SMARTS) is 1. The molecular weight excluding hydrogens is 326 g/mol. The lowest BCUT2D eigenvalue weighted by Gasteiger charge is -2.19. The third-order valence-corrected chi connectivity index (χ3v) is 5.14. The lowest BCUT2D eigenvalue weighted by molar-refractivity contribution is 0.0697. The van der Waals surface area contributed by atoms with Gasteiger partial charge in [-0.1, -0.05) is 39.0 Å². The standard InChI is InChI=1S/C18H21NO4S/c1-12-5-6-13(17(20)21)11-16(12)19-24(22,23)15-9-7-14(8-10-15)18(2,3)4/h5-11,19H,1-4H3,(H,20,21). The van der Waals surface area contributed by atoms with Crippen molar-refractivity contribution in [1.82, 2.24) is 0 Å². The number of nitrogens with one attached hydrogen (secondary N) is 1. The van der Waals surface area contributed by atoms with Crippen LogP contribution in [0.2, 0.25) is 0 Å². The highest BCUT2D eigenvalue weighted by molar-refractivity contribution is 7.92. The van der Waals surface area contributed by atoms with Gasteiger partial charge in [-0.3, -0.25) is 4.72 Å². The number of aromatic carboxylic acids is 1. The van der Waals surface area contributed by atoms with Gasteiger partial charge < -0.3 is 5.11 Å². The summed E-state index contributed by atoms with van der Waals surface area (Å²) in [5, 5.41) is 9.05. The average molecular weight is 347 g/mol. The summed E-state index contributed by atoms with van der Waals surface area (Å²) in [4.78, 5) is 11.2. The van der Waals surface area contributed by atoms with E-state index in [1.807, 2.05) is 0 Å². The fourth-order valence-electron chi connectivity index (χ4n) is 2.20. The third kappa shape index (κ3) is 3.94. The lowest BCUT2D eigenvalue weighted by Crippen LogP contribution is -2.15. The number of carbonyl (C=O) groups is 1. The number of aryl methyl sites for hydroxylation is 1. The summed E-state index contributed by atoms with van der Waals surface area (Å²) in [5.74, 6) is -1.11. The molecule has 128 valence electrons. The van der Waals surface area contributed by atoms with Gasteiger partial charge >= 0.3 is 5.97 Å². The molecule has 0 radical (unpaired) electrons. The number of hydrogen-bond donors (Lipinski definition) is 2. The van der Waals surface area contributed by atoms with Gasteiger partial charge in [0.05, 0.1) is 16.1 Å². The van der Waals surface area contributed by atoms with E-state index in [4.69, 9.17) is 5.11 Å². The predicted octanol–water partition coefficient (Wildman–Crippen LogP) is 3.79. The number of carboxylic acids is 1. The summed E-state index contributed by atoms with van der Waals surface area (Å²) < 4.78 is 27.5. The second-order valence-corrected chi connectivity index (χ2v) is 8.40. The molecule has 0 aliphatic rings. The first-order chi connectivity index (χ1) is 11.0. The van der Waals surface area contributed by atoms with Crippen LogP contribution in [0.15, 0.2) is 47.4 Å². The molecule has 0 unspecified atom stereocenters. The monoisotopic (exact) mass is 347 g/mol. The van der Waals surface area contributed by atoms with Gasteiger partial charge in [0.15, 0.2) is 0 Å². The lowest BCUT2D eigenvalue weighted by atomic mass is 9.87. The number of benzene rings is 2. The molecule has 0 bridgehead atoms. The Morgan fingerprint density at radius 1 is 1.04 bits per heavy atom. The molecular formula is C18H21NO4S. The Labute approximate surface area is 142 Å². The van der Waals surface area contributed by atoms with Gasteiger partial charge in [0.2, 0.25) is 0 Å². The maximum atomic E-state index is 12.5. The van der Waals surface area contributed by atoms with Crippen molar-refractivity contribution >= 4 is 21.7 Å². The van der Waals surface area contributed by atoms with Crippen LogP contribution < -0.4 is 4.72 Å². The zero-order valence-electron chi connectivity index (χ0n) is 14.1. The van der Waals surface area contributed by atoms with Crippen LogP contribution in [0.4, 0.5) is 5.69 Å². The van der Waals surface area contributed by atoms with Gasteiger partial charge in [-0.05, 0) is 47.7 Å². The fourth-order valence-corrected chi connectivity index (χ4v) is 3.32. The van der Waals surface area contributed by atoms with E-state index in [1.165, 1.54) is 12.1 Å². The van der Waals surface area contributed by atoms with E-state index in [0.717, 1.165) is 5.56 Å². The maximum Gasteiger partial charge on any atom is 0.335 e. The molecule has 2 rings (SSSR count). The molecule has 0 aliphatic carbocycles. The van der Waals surface area contributed by atoms with Crippen LogP contribution in [0, 0.1) is 6.92 Å². The summed E-state index contributed by atoms with van der Waals surface area (Å²) in [6, 6.07) is 11.0. The molecule has 5 nitrogen and oxygen atoms in total. The normalized spacial score (nSPS) is 12.0. The zero-order chi connectivity index (χ0) is 18.1. The number of hydrogen-bond acceptors (Lipinski definition) is 3. The topological polar surface area (TPSA) is 83.5 Å². The summed E-state index contributed by atoms with van der Waals surface area (Å²) in [5.41, 5.74) is 1.90. The Balaban J connectivity index is 2.35. The van der Waals surface area contributed by atoms with Crippen molar-refractivity contribution in [3.05, 3.63) is 59.2 Å². The van der Waals surface area contributed by atoms with Crippen LogP contribution >= 0.6 is 0 Å². The van der Waals surface area contributed by atoms with Crippen molar-refractivity contribution in [2.24, 2.45) is 0 Å². The molecule has 0 fully saturated rings. The van der Waals surface area contributed by atoms with Crippen molar-refractivity contribution in [3.8, 4) is 0 Å². The summed E-state index contributed by atoms with van der Waals surface area (Å²) in [6.45, 7) is 7.87. The highest BCUT2D eigenvalue weighted by Gasteiger charge is 2.19. The Bertz CT molecular complexity index is 863. The first-order valence-electron chi connectivity index (χ1n) is 7.48. The molecule has 0 amide bonds. The SMILES string of the molecule is Cc1ccc(C(=O)O)cc1NS(=O)(=O)c1ccc(C(C)(C)C)cc1. The Hall–Kier alpha value is -2.34. The van der Waals surface area contributed by atoms with Crippen molar-refractivity contribution in [2.75, 3.05) is 4.72 Å².